The lowest BCUT2D eigenvalue weighted by molar-refractivity contribution is 0.102. The number of amides is 1. The smallest absolute Gasteiger partial charge is 0.270 e. The Morgan fingerprint density at radius 1 is 1.17 bits per heavy atom. The van der Waals surface area contributed by atoms with Crippen LogP contribution in [0.3, 0.4) is 0 Å². The fourth-order valence-electron chi connectivity index (χ4n) is 1.90. The van der Waals surface area contributed by atoms with Crippen molar-refractivity contribution < 1.29 is 9.53 Å². The van der Waals surface area contributed by atoms with E-state index >= 15 is 0 Å². The van der Waals surface area contributed by atoms with Crippen LogP contribution in [0.1, 0.15) is 49.9 Å². The van der Waals surface area contributed by atoms with Gasteiger partial charge in [0.15, 0.2) is 0 Å². The number of carbonyl (C=O) groups excluding carboxylic acids is 1. The SMILES string of the molecule is CCCCOc1ccc(C(=O)Nc2nnn(CCCC)n2)cc1. The zero-order valence-corrected chi connectivity index (χ0v) is 13.7. The summed E-state index contributed by atoms with van der Waals surface area (Å²) in [5.74, 6) is 0.716. The van der Waals surface area contributed by atoms with Gasteiger partial charge in [0.25, 0.3) is 11.9 Å². The van der Waals surface area contributed by atoms with Crippen molar-refractivity contribution in [3.05, 3.63) is 29.8 Å². The molecule has 7 heteroatoms. The minimum Gasteiger partial charge on any atom is -0.494 e. The molecule has 124 valence electrons. The van der Waals surface area contributed by atoms with Gasteiger partial charge in [0, 0.05) is 5.56 Å². The Morgan fingerprint density at radius 2 is 1.91 bits per heavy atom. The van der Waals surface area contributed by atoms with Crippen LogP contribution in [0.25, 0.3) is 0 Å². The Bertz CT molecular complexity index is 609. The van der Waals surface area contributed by atoms with Gasteiger partial charge in [-0.15, -0.1) is 5.10 Å². The summed E-state index contributed by atoms with van der Waals surface area (Å²) in [5, 5.41) is 14.5. The van der Waals surface area contributed by atoms with Crippen LogP contribution in [-0.4, -0.2) is 32.7 Å². The number of benzene rings is 1. The van der Waals surface area contributed by atoms with Gasteiger partial charge in [-0.3, -0.25) is 10.1 Å². The summed E-state index contributed by atoms with van der Waals surface area (Å²) in [6.07, 6.45) is 4.13. The third-order valence-corrected chi connectivity index (χ3v) is 3.27. The summed E-state index contributed by atoms with van der Waals surface area (Å²) in [6.45, 7) is 5.59. The van der Waals surface area contributed by atoms with Gasteiger partial charge in [-0.1, -0.05) is 31.8 Å². The number of unbranched alkanes of at least 4 members (excludes halogenated alkanes) is 2. The third kappa shape index (κ3) is 5.36. The zero-order chi connectivity index (χ0) is 16.5. The number of hydrogen-bond donors (Lipinski definition) is 1. The average molecular weight is 317 g/mol. The molecule has 23 heavy (non-hydrogen) atoms. The highest BCUT2D eigenvalue weighted by Gasteiger charge is 2.10. The van der Waals surface area contributed by atoms with Gasteiger partial charge in [-0.25, -0.2) is 0 Å². The molecule has 7 nitrogen and oxygen atoms in total. The highest BCUT2D eigenvalue weighted by molar-refractivity contribution is 6.03. The predicted molar refractivity (Wildman–Crippen MR) is 87.5 cm³/mol. The number of nitrogens with one attached hydrogen (secondary N) is 1. The molecule has 0 saturated heterocycles. The Morgan fingerprint density at radius 3 is 2.61 bits per heavy atom. The zero-order valence-electron chi connectivity index (χ0n) is 13.7. The third-order valence-electron chi connectivity index (χ3n) is 3.27. The van der Waals surface area contributed by atoms with E-state index in [0.717, 1.165) is 31.4 Å². The van der Waals surface area contributed by atoms with Gasteiger partial charge in [0.05, 0.1) is 13.2 Å². The van der Waals surface area contributed by atoms with Crippen LogP contribution < -0.4 is 10.1 Å². The van der Waals surface area contributed by atoms with Crippen LogP contribution in [0.5, 0.6) is 5.75 Å². The number of rotatable bonds is 9. The van der Waals surface area contributed by atoms with Gasteiger partial charge < -0.3 is 4.74 Å². The molecule has 0 aliphatic carbocycles. The highest BCUT2D eigenvalue weighted by atomic mass is 16.5. The van der Waals surface area contributed by atoms with Crippen LogP contribution in [0.2, 0.25) is 0 Å². The van der Waals surface area contributed by atoms with Crippen molar-refractivity contribution in [3.63, 3.8) is 0 Å². The minimum atomic E-state index is -0.264. The van der Waals surface area contributed by atoms with Gasteiger partial charge in [0.2, 0.25) is 0 Å². The van der Waals surface area contributed by atoms with Crippen LogP contribution in [0.15, 0.2) is 24.3 Å². The first-order chi connectivity index (χ1) is 11.2. The van der Waals surface area contributed by atoms with Gasteiger partial charge in [-0.05, 0) is 42.3 Å². The number of hydrogen-bond acceptors (Lipinski definition) is 5. The Labute approximate surface area is 136 Å². The van der Waals surface area contributed by atoms with E-state index in [2.05, 4.69) is 34.6 Å². The van der Waals surface area contributed by atoms with Gasteiger partial charge in [-0.2, -0.15) is 4.80 Å². The number of aromatic nitrogens is 4. The summed E-state index contributed by atoms with van der Waals surface area (Å²) in [5.41, 5.74) is 0.526. The Hall–Kier alpha value is -2.44. The van der Waals surface area contributed by atoms with E-state index in [0.29, 0.717) is 18.7 Å². The second-order valence-electron chi connectivity index (χ2n) is 5.24. The molecule has 0 aliphatic rings. The maximum atomic E-state index is 12.1. The molecule has 2 aromatic rings. The summed E-state index contributed by atoms with van der Waals surface area (Å²) in [4.78, 5) is 13.6. The molecular weight excluding hydrogens is 294 g/mol. The maximum Gasteiger partial charge on any atom is 0.270 e. The summed E-state index contributed by atoms with van der Waals surface area (Å²) in [7, 11) is 0. The van der Waals surface area contributed by atoms with E-state index < -0.39 is 0 Å². The van der Waals surface area contributed by atoms with Crippen molar-refractivity contribution in [3.8, 4) is 5.75 Å². The predicted octanol–water partition coefficient (Wildman–Crippen LogP) is 2.90. The first-order valence-corrected chi connectivity index (χ1v) is 8.05. The molecular formula is C16H23N5O2. The van der Waals surface area contributed by atoms with Crippen LogP contribution in [0, 0.1) is 0 Å². The molecule has 1 aromatic heterocycles. The molecule has 0 bridgehead atoms. The van der Waals surface area contributed by atoms with Gasteiger partial charge >= 0.3 is 0 Å². The number of anilines is 1. The standard InChI is InChI=1S/C16H23N5O2/c1-3-5-11-21-19-16(18-20-21)17-15(22)13-7-9-14(10-8-13)23-12-6-4-2/h7-10H,3-6,11-12H2,1-2H3,(H,17,19,22). The molecule has 0 unspecified atom stereocenters. The first-order valence-electron chi connectivity index (χ1n) is 8.05. The molecule has 0 atom stereocenters. The van der Waals surface area contributed by atoms with E-state index in [1.54, 1.807) is 24.3 Å². The molecule has 1 aromatic carbocycles. The number of ether oxygens (including phenoxy) is 1. The molecule has 1 heterocycles. The molecule has 0 spiro atoms. The topological polar surface area (TPSA) is 81.9 Å². The summed E-state index contributed by atoms with van der Waals surface area (Å²) in [6, 6.07) is 7.02. The molecule has 0 radical (unpaired) electrons. The number of nitrogens with zero attached hydrogens (tertiary/aromatic N) is 4. The highest BCUT2D eigenvalue weighted by Crippen LogP contribution is 2.13. The second-order valence-corrected chi connectivity index (χ2v) is 5.24. The monoisotopic (exact) mass is 317 g/mol. The van der Waals surface area contributed by atoms with Crippen molar-refractivity contribution in [2.24, 2.45) is 0 Å². The molecule has 1 N–H and O–H groups in total. The second kappa shape index (κ2) is 8.87. The van der Waals surface area contributed by atoms with E-state index in [1.807, 2.05) is 0 Å². The quantitative estimate of drug-likeness (QED) is 0.719. The van der Waals surface area contributed by atoms with Gasteiger partial charge in [0.1, 0.15) is 5.75 Å². The Kier molecular flexibility index (Phi) is 6.53. The molecule has 2 rings (SSSR count). The lowest BCUT2D eigenvalue weighted by Crippen LogP contribution is -2.13. The van der Waals surface area contributed by atoms with Crippen molar-refractivity contribution in [2.45, 2.75) is 46.1 Å². The largest absolute Gasteiger partial charge is 0.494 e. The molecule has 0 fully saturated rings. The Balaban J connectivity index is 1.88. The molecule has 0 aliphatic heterocycles. The van der Waals surface area contributed by atoms with E-state index in [4.69, 9.17) is 4.74 Å². The van der Waals surface area contributed by atoms with Crippen molar-refractivity contribution in [2.75, 3.05) is 11.9 Å². The first kappa shape index (κ1) is 16.9. The number of tetrazole rings is 1. The molecule has 1 amide bonds. The van der Waals surface area contributed by atoms with Crippen molar-refractivity contribution in [1.29, 1.82) is 0 Å². The van der Waals surface area contributed by atoms with Crippen molar-refractivity contribution >= 4 is 11.9 Å². The minimum absolute atomic E-state index is 0.217. The number of aryl methyl sites for hydroxylation is 1. The van der Waals surface area contributed by atoms with Crippen LogP contribution in [0.4, 0.5) is 5.95 Å². The fourth-order valence-corrected chi connectivity index (χ4v) is 1.90. The average Bonchev–Trinajstić information content (AvgIpc) is 3.01. The van der Waals surface area contributed by atoms with Crippen molar-refractivity contribution in [1.82, 2.24) is 20.2 Å². The lowest BCUT2D eigenvalue weighted by atomic mass is 10.2. The maximum absolute atomic E-state index is 12.1. The normalized spacial score (nSPS) is 10.5. The van der Waals surface area contributed by atoms with Crippen LogP contribution in [-0.2, 0) is 6.54 Å². The van der Waals surface area contributed by atoms with E-state index in [1.165, 1.54) is 4.80 Å². The summed E-state index contributed by atoms with van der Waals surface area (Å²) >= 11 is 0. The summed E-state index contributed by atoms with van der Waals surface area (Å²) < 4.78 is 5.57. The fraction of sp³-hybridized carbons (Fsp3) is 0.500. The van der Waals surface area contributed by atoms with E-state index in [-0.39, 0.29) is 11.9 Å². The molecule has 0 saturated carbocycles. The number of carbonyl (C=O) groups is 1. The van der Waals surface area contributed by atoms with E-state index in [9.17, 15) is 4.79 Å². The lowest BCUT2D eigenvalue weighted by Gasteiger charge is -2.06. The van der Waals surface area contributed by atoms with Crippen LogP contribution >= 0.6 is 0 Å².